The van der Waals surface area contributed by atoms with Gasteiger partial charge in [0.1, 0.15) is 11.6 Å². The Hall–Kier alpha value is -3.14. The fraction of sp³-hybridized carbons (Fsp3) is 0.429. The summed E-state index contributed by atoms with van der Waals surface area (Å²) in [7, 11) is 3.74. The minimum Gasteiger partial charge on any atom is -0.476 e. The molecule has 204 valence electrons. The normalized spacial score (nSPS) is 14.4. The van der Waals surface area contributed by atoms with Gasteiger partial charge in [-0.15, -0.1) is 5.10 Å². The molecule has 38 heavy (non-hydrogen) atoms. The second-order valence-corrected chi connectivity index (χ2v) is 10.1. The number of rotatable bonds is 10. The van der Waals surface area contributed by atoms with E-state index in [-0.39, 0.29) is 5.02 Å². The lowest BCUT2D eigenvalue weighted by atomic mass is 9.98. The minimum absolute atomic E-state index is 0.0640. The number of hydrogen-bond donors (Lipinski definition) is 2. The van der Waals surface area contributed by atoms with E-state index in [0.717, 1.165) is 37.2 Å². The van der Waals surface area contributed by atoms with Gasteiger partial charge in [0.2, 0.25) is 5.88 Å². The monoisotopic (exact) mass is 543 g/mol. The van der Waals surface area contributed by atoms with Gasteiger partial charge in [-0.25, -0.2) is 13.9 Å². The van der Waals surface area contributed by atoms with Crippen molar-refractivity contribution < 1.29 is 18.7 Å². The van der Waals surface area contributed by atoms with Crippen LogP contribution in [0.1, 0.15) is 30.4 Å². The van der Waals surface area contributed by atoms with Gasteiger partial charge >= 0.3 is 6.03 Å². The van der Waals surface area contributed by atoms with Crippen LogP contribution in [-0.2, 0) is 11.2 Å². The zero-order valence-electron chi connectivity index (χ0n) is 22.1. The Bertz CT molecular complexity index is 1230. The number of nitrogens with one attached hydrogen (secondary N) is 2. The number of para-hydroxylation sites is 1. The first kappa shape index (κ1) is 27.9. The number of amides is 2. The van der Waals surface area contributed by atoms with E-state index in [1.54, 1.807) is 11.8 Å². The van der Waals surface area contributed by atoms with Gasteiger partial charge < -0.3 is 19.7 Å². The van der Waals surface area contributed by atoms with E-state index in [9.17, 15) is 9.18 Å². The standard InChI is InChI=1S/C28H35ClFN5O3/c1-19-26(32-28(36)31-25-17-23(29)24(30)16-21(25)8-7-15-37-3)35(22-9-5-4-6-10-22)33-27(19)38-18-20-11-13-34(2)14-12-20/h4-6,9-10,16-17,20H,7-8,11-15,18H2,1-3H3,(H2,31,32,36). The molecule has 0 aliphatic carbocycles. The smallest absolute Gasteiger partial charge is 0.324 e. The number of aryl methyl sites for hydroxylation is 1. The molecule has 0 saturated carbocycles. The van der Waals surface area contributed by atoms with Gasteiger partial charge in [0.15, 0.2) is 0 Å². The topological polar surface area (TPSA) is 80.7 Å². The van der Waals surface area contributed by atoms with Crippen LogP contribution in [0.2, 0.25) is 5.02 Å². The number of ether oxygens (including phenoxy) is 2. The number of likely N-dealkylation sites (tertiary alicyclic amines) is 1. The number of piperidine rings is 1. The highest BCUT2D eigenvalue weighted by molar-refractivity contribution is 6.31. The van der Waals surface area contributed by atoms with Crippen molar-refractivity contribution in [2.75, 3.05) is 51.1 Å². The number of anilines is 2. The fourth-order valence-electron chi connectivity index (χ4n) is 4.52. The van der Waals surface area contributed by atoms with Gasteiger partial charge in [-0.1, -0.05) is 29.8 Å². The molecule has 1 saturated heterocycles. The Kier molecular flexibility index (Phi) is 9.60. The lowest BCUT2D eigenvalue weighted by Crippen LogP contribution is -2.32. The van der Waals surface area contributed by atoms with Crippen LogP contribution >= 0.6 is 11.6 Å². The van der Waals surface area contributed by atoms with Gasteiger partial charge in [-0.05, 0) is 88.5 Å². The van der Waals surface area contributed by atoms with E-state index >= 15 is 0 Å². The van der Waals surface area contributed by atoms with Gasteiger partial charge in [0.25, 0.3) is 0 Å². The Balaban J connectivity index is 1.54. The summed E-state index contributed by atoms with van der Waals surface area (Å²) in [6.07, 6.45) is 3.35. The van der Waals surface area contributed by atoms with Crippen molar-refractivity contribution in [2.45, 2.75) is 32.6 Å². The van der Waals surface area contributed by atoms with E-state index in [4.69, 9.17) is 21.1 Å². The summed E-state index contributed by atoms with van der Waals surface area (Å²) in [6, 6.07) is 11.8. The van der Waals surface area contributed by atoms with Crippen LogP contribution in [0, 0.1) is 18.7 Å². The molecular formula is C28H35ClFN5O3. The van der Waals surface area contributed by atoms with Crippen molar-refractivity contribution in [3.63, 3.8) is 0 Å². The van der Waals surface area contributed by atoms with Crippen molar-refractivity contribution in [1.82, 2.24) is 14.7 Å². The van der Waals surface area contributed by atoms with Crippen LogP contribution in [-0.4, -0.2) is 61.2 Å². The maximum Gasteiger partial charge on any atom is 0.324 e. The van der Waals surface area contributed by atoms with E-state index in [1.165, 1.54) is 12.1 Å². The van der Waals surface area contributed by atoms with Crippen LogP contribution in [0.4, 0.5) is 20.7 Å². The van der Waals surface area contributed by atoms with Crippen molar-refractivity contribution in [1.29, 1.82) is 0 Å². The summed E-state index contributed by atoms with van der Waals surface area (Å²) in [6.45, 7) is 5.08. The first-order valence-corrected chi connectivity index (χ1v) is 13.2. The van der Waals surface area contributed by atoms with Crippen LogP contribution in [0.3, 0.4) is 0 Å². The summed E-state index contributed by atoms with van der Waals surface area (Å²) in [4.78, 5) is 15.5. The third kappa shape index (κ3) is 7.03. The van der Waals surface area contributed by atoms with E-state index in [0.29, 0.717) is 54.9 Å². The maximum absolute atomic E-state index is 14.2. The molecule has 2 amide bonds. The molecule has 1 aromatic heterocycles. The van der Waals surface area contributed by atoms with E-state index in [1.807, 2.05) is 37.3 Å². The number of aromatic nitrogens is 2. The number of carbonyl (C=O) groups excluding carboxylic acids is 1. The lowest BCUT2D eigenvalue weighted by Gasteiger charge is -2.28. The molecular weight excluding hydrogens is 509 g/mol. The number of methoxy groups -OCH3 is 1. The van der Waals surface area contributed by atoms with Gasteiger partial charge in [-0.2, -0.15) is 0 Å². The van der Waals surface area contributed by atoms with Crippen molar-refractivity contribution in [3.05, 3.63) is 64.4 Å². The first-order chi connectivity index (χ1) is 18.4. The molecule has 0 radical (unpaired) electrons. The molecule has 8 nitrogen and oxygen atoms in total. The molecule has 0 atom stereocenters. The molecule has 4 rings (SSSR count). The highest BCUT2D eigenvalue weighted by Gasteiger charge is 2.22. The number of benzene rings is 2. The third-order valence-corrected chi connectivity index (χ3v) is 7.08. The molecule has 0 bridgehead atoms. The molecule has 2 aromatic carbocycles. The summed E-state index contributed by atoms with van der Waals surface area (Å²) in [5.74, 6) is 0.899. The van der Waals surface area contributed by atoms with Crippen LogP contribution in [0.25, 0.3) is 5.69 Å². The average Bonchev–Trinajstić information content (AvgIpc) is 3.22. The number of hydrogen-bond acceptors (Lipinski definition) is 5. The predicted molar refractivity (Wildman–Crippen MR) is 148 cm³/mol. The Morgan fingerprint density at radius 1 is 1.18 bits per heavy atom. The van der Waals surface area contributed by atoms with E-state index < -0.39 is 11.8 Å². The second kappa shape index (κ2) is 13.1. The van der Waals surface area contributed by atoms with Crippen molar-refractivity contribution >= 4 is 29.1 Å². The molecule has 10 heteroatoms. The Morgan fingerprint density at radius 2 is 1.92 bits per heavy atom. The zero-order valence-corrected chi connectivity index (χ0v) is 22.9. The van der Waals surface area contributed by atoms with Gasteiger partial charge in [-0.3, -0.25) is 5.32 Å². The quantitative estimate of drug-likeness (QED) is 0.310. The summed E-state index contributed by atoms with van der Waals surface area (Å²) in [5, 5.41) is 10.4. The highest BCUT2D eigenvalue weighted by atomic mass is 35.5. The largest absolute Gasteiger partial charge is 0.476 e. The molecule has 0 spiro atoms. The molecule has 2 heterocycles. The molecule has 1 aliphatic rings. The summed E-state index contributed by atoms with van der Waals surface area (Å²) in [5.41, 5.74) is 2.57. The predicted octanol–water partition coefficient (Wildman–Crippen LogP) is 5.92. The Morgan fingerprint density at radius 3 is 2.63 bits per heavy atom. The second-order valence-electron chi connectivity index (χ2n) is 9.68. The summed E-state index contributed by atoms with van der Waals surface area (Å²) < 4.78 is 27.1. The number of halogens is 2. The van der Waals surface area contributed by atoms with Crippen LogP contribution < -0.4 is 15.4 Å². The SMILES string of the molecule is COCCCc1cc(F)c(Cl)cc1NC(=O)Nc1c(C)c(OCC2CCN(C)CC2)nn1-c1ccccc1. The molecule has 1 fully saturated rings. The first-order valence-electron chi connectivity index (χ1n) is 12.9. The zero-order chi connectivity index (χ0) is 27.1. The minimum atomic E-state index is -0.533. The average molecular weight is 544 g/mol. The van der Waals surface area contributed by atoms with Crippen molar-refractivity contribution in [2.24, 2.45) is 5.92 Å². The number of urea groups is 1. The number of nitrogens with zero attached hydrogens (tertiary/aromatic N) is 3. The fourth-order valence-corrected chi connectivity index (χ4v) is 4.68. The van der Waals surface area contributed by atoms with E-state index in [2.05, 4.69) is 27.7 Å². The Labute approximate surface area is 228 Å². The molecule has 1 aliphatic heterocycles. The molecule has 3 aromatic rings. The molecule has 0 unspecified atom stereocenters. The lowest BCUT2D eigenvalue weighted by molar-refractivity contribution is 0.156. The molecule has 2 N–H and O–H groups in total. The van der Waals surface area contributed by atoms with Gasteiger partial charge in [0.05, 0.1) is 22.9 Å². The summed E-state index contributed by atoms with van der Waals surface area (Å²) >= 11 is 6.03. The third-order valence-electron chi connectivity index (χ3n) is 6.79. The van der Waals surface area contributed by atoms with Crippen LogP contribution in [0.5, 0.6) is 5.88 Å². The van der Waals surface area contributed by atoms with Crippen LogP contribution in [0.15, 0.2) is 42.5 Å². The highest BCUT2D eigenvalue weighted by Crippen LogP contribution is 2.30. The maximum atomic E-state index is 14.2. The van der Waals surface area contributed by atoms with Gasteiger partial charge in [0, 0.05) is 19.4 Å². The van der Waals surface area contributed by atoms with Crippen molar-refractivity contribution in [3.8, 4) is 11.6 Å². The number of carbonyl (C=O) groups is 1.